The van der Waals surface area contributed by atoms with Gasteiger partial charge in [-0.15, -0.1) is 0 Å². The van der Waals surface area contributed by atoms with Gasteiger partial charge in [0.15, 0.2) is 5.96 Å². The number of hydrogen-bond acceptors (Lipinski definition) is 4. The summed E-state index contributed by atoms with van der Waals surface area (Å²) in [6, 6.07) is 6.01. The zero-order valence-corrected chi connectivity index (χ0v) is 14.8. The molecule has 0 heterocycles. The fourth-order valence-corrected chi connectivity index (χ4v) is 1.93. The molecule has 0 fully saturated rings. The Morgan fingerprint density at radius 3 is 2.52 bits per heavy atom. The van der Waals surface area contributed by atoms with Crippen LogP contribution in [0, 0.1) is 6.92 Å². The summed E-state index contributed by atoms with van der Waals surface area (Å²) in [5, 5.41) is 6.08. The zero-order chi connectivity index (χ0) is 17.5. The molecule has 0 spiro atoms. The van der Waals surface area contributed by atoms with Crippen LogP contribution >= 0.6 is 0 Å². The number of carbonyl (C=O) groups is 1. The van der Waals surface area contributed by atoms with E-state index in [0.29, 0.717) is 12.5 Å². The van der Waals surface area contributed by atoms with Crippen LogP contribution in [-0.2, 0) is 16.1 Å². The van der Waals surface area contributed by atoms with Gasteiger partial charge < -0.3 is 20.1 Å². The Balaban J connectivity index is 2.54. The lowest BCUT2D eigenvalue weighted by Gasteiger charge is -2.20. The Kier molecular flexibility index (Phi) is 6.88. The molecule has 0 amide bonds. The summed E-state index contributed by atoms with van der Waals surface area (Å²) >= 11 is 0. The van der Waals surface area contributed by atoms with E-state index in [-0.39, 0.29) is 12.5 Å². The number of benzene rings is 1. The molecule has 0 bridgehead atoms. The van der Waals surface area contributed by atoms with Crippen molar-refractivity contribution in [3.8, 4) is 5.75 Å². The number of guanidine groups is 1. The number of rotatable bonds is 5. The molecule has 0 unspecified atom stereocenters. The number of hydrogen-bond donors (Lipinski definition) is 2. The lowest BCUT2D eigenvalue weighted by Crippen LogP contribution is -2.41. The van der Waals surface area contributed by atoms with E-state index in [1.54, 1.807) is 14.2 Å². The van der Waals surface area contributed by atoms with Crippen molar-refractivity contribution in [2.75, 3.05) is 20.7 Å². The van der Waals surface area contributed by atoms with Crippen LogP contribution in [0.15, 0.2) is 23.2 Å². The van der Waals surface area contributed by atoms with Gasteiger partial charge in [-0.3, -0.25) is 9.79 Å². The van der Waals surface area contributed by atoms with Crippen LogP contribution in [0.25, 0.3) is 0 Å². The van der Waals surface area contributed by atoms with Crippen molar-refractivity contribution in [3.05, 3.63) is 29.3 Å². The molecule has 0 saturated carbocycles. The molecule has 1 rings (SSSR count). The monoisotopic (exact) mass is 321 g/mol. The molecule has 6 nitrogen and oxygen atoms in total. The van der Waals surface area contributed by atoms with E-state index in [1.165, 1.54) is 0 Å². The molecule has 0 aliphatic carbocycles. The third-order valence-electron chi connectivity index (χ3n) is 2.93. The van der Waals surface area contributed by atoms with Crippen LogP contribution < -0.4 is 15.4 Å². The lowest BCUT2D eigenvalue weighted by atomic mass is 10.1. The highest BCUT2D eigenvalue weighted by Crippen LogP contribution is 2.19. The van der Waals surface area contributed by atoms with Gasteiger partial charge in [-0.1, -0.05) is 12.1 Å². The lowest BCUT2D eigenvalue weighted by molar-refractivity contribution is -0.153. The number of ether oxygens (including phenoxy) is 2. The standard InChI is InChI=1S/C17H27N3O3/c1-12-7-8-13(14(9-12)22-6)10-19-16(18-5)20-11-15(21)23-17(2,3)4/h7-9H,10-11H2,1-6H3,(H2,18,19,20). The van der Waals surface area contributed by atoms with Gasteiger partial charge in [0.25, 0.3) is 0 Å². The van der Waals surface area contributed by atoms with Crippen LogP contribution in [0.1, 0.15) is 31.9 Å². The number of nitrogens with one attached hydrogen (secondary N) is 2. The predicted octanol–water partition coefficient (Wildman–Crippen LogP) is 2.01. The van der Waals surface area contributed by atoms with Gasteiger partial charge in [-0.25, -0.2) is 0 Å². The maximum Gasteiger partial charge on any atom is 0.325 e. The van der Waals surface area contributed by atoms with Gasteiger partial charge in [-0.2, -0.15) is 0 Å². The predicted molar refractivity (Wildman–Crippen MR) is 91.8 cm³/mol. The van der Waals surface area contributed by atoms with Crippen molar-refractivity contribution in [3.63, 3.8) is 0 Å². The van der Waals surface area contributed by atoms with Crippen LogP contribution in [-0.4, -0.2) is 38.2 Å². The number of carbonyl (C=O) groups excluding carboxylic acids is 1. The molecule has 128 valence electrons. The van der Waals surface area contributed by atoms with Crippen LogP contribution in [0.5, 0.6) is 5.75 Å². The van der Waals surface area contributed by atoms with Crippen LogP contribution in [0.2, 0.25) is 0 Å². The summed E-state index contributed by atoms with van der Waals surface area (Å²) in [5.41, 5.74) is 1.65. The van der Waals surface area contributed by atoms with Crippen LogP contribution in [0.4, 0.5) is 0 Å². The molecule has 23 heavy (non-hydrogen) atoms. The number of aryl methyl sites for hydroxylation is 1. The highest BCUT2D eigenvalue weighted by Gasteiger charge is 2.16. The normalized spacial score (nSPS) is 11.8. The highest BCUT2D eigenvalue weighted by molar-refractivity contribution is 5.84. The van der Waals surface area contributed by atoms with Crippen molar-refractivity contribution < 1.29 is 14.3 Å². The SMILES string of the molecule is CN=C(NCC(=O)OC(C)(C)C)NCc1ccc(C)cc1OC. The van der Waals surface area contributed by atoms with E-state index in [4.69, 9.17) is 9.47 Å². The fourth-order valence-electron chi connectivity index (χ4n) is 1.93. The molecule has 0 atom stereocenters. The first-order valence-corrected chi connectivity index (χ1v) is 7.55. The molecule has 0 aliphatic heterocycles. The molecule has 0 aromatic heterocycles. The molecule has 1 aromatic rings. The number of esters is 1. The third-order valence-corrected chi connectivity index (χ3v) is 2.93. The summed E-state index contributed by atoms with van der Waals surface area (Å²) in [4.78, 5) is 15.8. The van der Waals surface area contributed by atoms with Gasteiger partial charge in [0, 0.05) is 19.2 Å². The molecular formula is C17H27N3O3. The minimum absolute atomic E-state index is 0.0575. The second kappa shape index (κ2) is 8.41. The first kappa shape index (κ1) is 18.8. The largest absolute Gasteiger partial charge is 0.496 e. The number of nitrogens with zero attached hydrogens (tertiary/aromatic N) is 1. The van der Waals surface area contributed by atoms with Crippen molar-refractivity contribution in [1.29, 1.82) is 0 Å². The smallest absolute Gasteiger partial charge is 0.325 e. The van der Waals surface area contributed by atoms with E-state index < -0.39 is 5.60 Å². The minimum Gasteiger partial charge on any atom is -0.496 e. The van der Waals surface area contributed by atoms with E-state index in [0.717, 1.165) is 16.9 Å². The maximum absolute atomic E-state index is 11.7. The van der Waals surface area contributed by atoms with E-state index in [2.05, 4.69) is 15.6 Å². The van der Waals surface area contributed by atoms with Gasteiger partial charge in [-0.05, 0) is 39.3 Å². The van der Waals surface area contributed by atoms with Gasteiger partial charge in [0.2, 0.25) is 0 Å². The number of aliphatic imine (C=N–C) groups is 1. The second-order valence-electron chi connectivity index (χ2n) is 6.18. The summed E-state index contributed by atoms with van der Waals surface area (Å²) in [5.74, 6) is 1.02. The Bertz CT molecular complexity index is 563. The van der Waals surface area contributed by atoms with Crippen molar-refractivity contribution in [1.82, 2.24) is 10.6 Å². The van der Waals surface area contributed by atoms with Crippen molar-refractivity contribution in [2.24, 2.45) is 4.99 Å². The summed E-state index contributed by atoms with van der Waals surface area (Å²) < 4.78 is 10.6. The Morgan fingerprint density at radius 2 is 1.96 bits per heavy atom. The average Bonchev–Trinajstić information content (AvgIpc) is 2.46. The molecule has 0 aliphatic rings. The quantitative estimate of drug-likeness (QED) is 0.493. The summed E-state index contributed by atoms with van der Waals surface area (Å²) in [6.45, 7) is 8.12. The van der Waals surface area contributed by atoms with Crippen molar-refractivity contribution in [2.45, 2.75) is 39.8 Å². The molecular weight excluding hydrogens is 294 g/mol. The first-order valence-electron chi connectivity index (χ1n) is 7.55. The summed E-state index contributed by atoms with van der Waals surface area (Å²) in [7, 11) is 3.30. The Labute approximate surface area is 138 Å². The molecule has 0 saturated heterocycles. The fraction of sp³-hybridized carbons (Fsp3) is 0.529. The molecule has 6 heteroatoms. The van der Waals surface area contributed by atoms with Crippen molar-refractivity contribution >= 4 is 11.9 Å². The van der Waals surface area contributed by atoms with Gasteiger partial charge in [0.05, 0.1) is 7.11 Å². The van der Waals surface area contributed by atoms with E-state index >= 15 is 0 Å². The highest BCUT2D eigenvalue weighted by atomic mass is 16.6. The Hall–Kier alpha value is -2.24. The van der Waals surface area contributed by atoms with E-state index in [9.17, 15) is 4.79 Å². The average molecular weight is 321 g/mol. The first-order chi connectivity index (χ1) is 10.7. The topological polar surface area (TPSA) is 72.0 Å². The third kappa shape index (κ3) is 7.04. The molecule has 0 radical (unpaired) electrons. The van der Waals surface area contributed by atoms with Crippen LogP contribution in [0.3, 0.4) is 0 Å². The molecule has 1 aromatic carbocycles. The molecule has 2 N–H and O–H groups in total. The van der Waals surface area contributed by atoms with Gasteiger partial charge in [0.1, 0.15) is 17.9 Å². The zero-order valence-electron chi connectivity index (χ0n) is 14.8. The second-order valence-corrected chi connectivity index (χ2v) is 6.18. The number of methoxy groups -OCH3 is 1. The minimum atomic E-state index is -0.495. The van der Waals surface area contributed by atoms with E-state index in [1.807, 2.05) is 45.9 Å². The maximum atomic E-state index is 11.7. The summed E-state index contributed by atoms with van der Waals surface area (Å²) in [6.07, 6.45) is 0. The van der Waals surface area contributed by atoms with Gasteiger partial charge >= 0.3 is 5.97 Å². The Morgan fingerprint density at radius 1 is 1.26 bits per heavy atom.